The van der Waals surface area contributed by atoms with Crippen LogP contribution in [0.1, 0.15) is 56.2 Å². The molecule has 1 unspecified atom stereocenters. The highest BCUT2D eigenvalue weighted by Crippen LogP contribution is 2.29. The molecule has 1 saturated heterocycles. The summed E-state index contributed by atoms with van der Waals surface area (Å²) in [4.78, 5) is 39.4. The Morgan fingerprint density at radius 1 is 1.10 bits per heavy atom. The number of aryl methyl sites for hydroxylation is 1. The first-order valence-electron chi connectivity index (χ1n) is 10.6. The third-order valence-corrected chi connectivity index (χ3v) is 5.96. The monoisotopic (exact) mass is 400 g/mol. The van der Waals surface area contributed by atoms with Gasteiger partial charge in [-0.2, -0.15) is 0 Å². The standard InChI is InChI=1S/C22H32N4O3/c1-15(23-2)21(28)25-19-11-5-6-13-26(22(19)29)14-20(27)24-18-12-7-9-16-8-3-4-10-17(16)18/h3-4,8,10,15,18-19,23H,5-7,9,11-14H2,1-2H3,(H,24,27)(H,25,28)/t15-,18?,19-/m0/s1. The molecule has 1 heterocycles. The van der Waals surface area contributed by atoms with Gasteiger partial charge in [0.2, 0.25) is 17.7 Å². The molecule has 7 nitrogen and oxygen atoms in total. The molecule has 2 aliphatic rings. The highest BCUT2D eigenvalue weighted by molar-refractivity contribution is 5.92. The molecule has 7 heteroatoms. The summed E-state index contributed by atoms with van der Waals surface area (Å²) in [5, 5.41) is 8.83. The van der Waals surface area contributed by atoms with Crippen LogP contribution in [0.5, 0.6) is 0 Å². The summed E-state index contributed by atoms with van der Waals surface area (Å²) < 4.78 is 0. The van der Waals surface area contributed by atoms with E-state index in [-0.39, 0.29) is 36.3 Å². The van der Waals surface area contributed by atoms with Gasteiger partial charge in [0.25, 0.3) is 0 Å². The second kappa shape index (κ2) is 9.87. The summed E-state index contributed by atoms with van der Waals surface area (Å²) >= 11 is 0. The van der Waals surface area contributed by atoms with Gasteiger partial charge in [-0.1, -0.05) is 24.3 Å². The van der Waals surface area contributed by atoms with Crippen LogP contribution in [0.25, 0.3) is 0 Å². The summed E-state index contributed by atoms with van der Waals surface area (Å²) in [6, 6.07) is 7.29. The molecule has 1 aromatic rings. The SMILES string of the molecule is CN[C@@H](C)C(=O)N[C@H]1CCCCN(CC(=O)NC2CCCc3ccccc32)C1=O. The molecule has 1 aromatic carbocycles. The summed E-state index contributed by atoms with van der Waals surface area (Å²) in [5.41, 5.74) is 2.47. The van der Waals surface area contributed by atoms with Crippen LogP contribution in [0.4, 0.5) is 0 Å². The van der Waals surface area contributed by atoms with Crippen LogP contribution in [-0.2, 0) is 20.8 Å². The number of hydrogen-bond acceptors (Lipinski definition) is 4. The predicted octanol–water partition coefficient (Wildman–Crippen LogP) is 1.29. The van der Waals surface area contributed by atoms with E-state index in [0.29, 0.717) is 13.0 Å². The second-order valence-corrected chi connectivity index (χ2v) is 8.04. The average molecular weight is 401 g/mol. The van der Waals surface area contributed by atoms with E-state index in [9.17, 15) is 14.4 Å². The first-order chi connectivity index (χ1) is 14.0. The fourth-order valence-electron chi connectivity index (χ4n) is 4.14. The van der Waals surface area contributed by atoms with Crippen LogP contribution in [-0.4, -0.2) is 54.8 Å². The van der Waals surface area contributed by atoms with Gasteiger partial charge in [-0.15, -0.1) is 0 Å². The topological polar surface area (TPSA) is 90.5 Å². The Balaban J connectivity index is 1.60. The molecule has 3 N–H and O–H groups in total. The van der Waals surface area contributed by atoms with Gasteiger partial charge in [0.15, 0.2) is 0 Å². The lowest BCUT2D eigenvalue weighted by atomic mass is 9.88. The molecule has 0 aromatic heterocycles. The van der Waals surface area contributed by atoms with Crippen LogP contribution in [0.3, 0.4) is 0 Å². The van der Waals surface area contributed by atoms with Crippen molar-refractivity contribution in [3.63, 3.8) is 0 Å². The molecule has 0 saturated carbocycles. The molecule has 3 atom stereocenters. The molecular weight excluding hydrogens is 368 g/mol. The number of rotatable bonds is 6. The molecule has 0 bridgehead atoms. The highest BCUT2D eigenvalue weighted by Gasteiger charge is 2.31. The van der Waals surface area contributed by atoms with Gasteiger partial charge >= 0.3 is 0 Å². The van der Waals surface area contributed by atoms with Crippen LogP contribution in [0, 0.1) is 0 Å². The lowest BCUT2D eigenvalue weighted by Gasteiger charge is -2.29. The summed E-state index contributed by atoms with van der Waals surface area (Å²) in [7, 11) is 1.71. The molecule has 29 heavy (non-hydrogen) atoms. The Labute approximate surface area is 172 Å². The van der Waals surface area contributed by atoms with Crippen molar-refractivity contribution in [2.24, 2.45) is 0 Å². The van der Waals surface area contributed by atoms with Crippen molar-refractivity contribution >= 4 is 17.7 Å². The Hall–Kier alpha value is -2.41. The first kappa shape index (κ1) is 21.3. The normalized spacial score (nSPS) is 23.0. The largest absolute Gasteiger partial charge is 0.348 e. The zero-order valence-corrected chi connectivity index (χ0v) is 17.4. The van der Waals surface area contributed by atoms with Gasteiger partial charge in [0, 0.05) is 6.54 Å². The van der Waals surface area contributed by atoms with Crippen LogP contribution >= 0.6 is 0 Å². The number of benzene rings is 1. The summed E-state index contributed by atoms with van der Waals surface area (Å²) in [5.74, 6) is -0.509. The minimum absolute atomic E-state index is 0.00140. The van der Waals surface area contributed by atoms with Crippen molar-refractivity contribution in [3.8, 4) is 0 Å². The number of nitrogens with one attached hydrogen (secondary N) is 3. The third kappa shape index (κ3) is 5.35. The third-order valence-electron chi connectivity index (χ3n) is 5.96. The van der Waals surface area contributed by atoms with E-state index in [1.165, 1.54) is 11.1 Å². The number of likely N-dealkylation sites (N-methyl/N-ethyl adjacent to an activating group) is 1. The number of hydrogen-bond donors (Lipinski definition) is 3. The predicted molar refractivity (Wildman–Crippen MR) is 111 cm³/mol. The van der Waals surface area contributed by atoms with Crippen LogP contribution in [0.15, 0.2) is 24.3 Å². The fourth-order valence-corrected chi connectivity index (χ4v) is 4.14. The molecular formula is C22H32N4O3. The minimum atomic E-state index is -0.566. The summed E-state index contributed by atoms with van der Waals surface area (Å²) in [6.45, 7) is 2.33. The van der Waals surface area contributed by atoms with Crippen LogP contribution < -0.4 is 16.0 Å². The first-order valence-corrected chi connectivity index (χ1v) is 10.6. The Morgan fingerprint density at radius 2 is 1.86 bits per heavy atom. The molecule has 3 amide bonds. The van der Waals surface area contributed by atoms with Gasteiger partial charge in [0.1, 0.15) is 6.04 Å². The average Bonchev–Trinajstić information content (AvgIpc) is 2.89. The minimum Gasteiger partial charge on any atom is -0.348 e. The maximum atomic E-state index is 12.9. The lowest BCUT2D eigenvalue weighted by Crippen LogP contribution is -2.53. The number of carbonyl (C=O) groups is 3. The molecule has 0 radical (unpaired) electrons. The van der Waals surface area contributed by atoms with E-state index >= 15 is 0 Å². The number of likely N-dealkylation sites (tertiary alicyclic amines) is 1. The van der Waals surface area contributed by atoms with E-state index in [1.807, 2.05) is 12.1 Å². The van der Waals surface area contributed by atoms with Crippen molar-refractivity contribution < 1.29 is 14.4 Å². The molecule has 1 fully saturated rings. The van der Waals surface area contributed by atoms with Crippen molar-refractivity contribution in [1.82, 2.24) is 20.9 Å². The van der Waals surface area contributed by atoms with Crippen molar-refractivity contribution in [3.05, 3.63) is 35.4 Å². The number of carbonyl (C=O) groups excluding carboxylic acids is 3. The maximum absolute atomic E-state index is 12.9. The van der Waals surface area contributed by atoms with E-state index in [2.05, 4.69) is 28.1 Å². The molecule has 1 aliphatic carbocycles. The summed E-state index contributed by atoms with van der Waals surface area (Å²) in [6.07, 6.45) is 5.28. The smallest absolute Gasteiger partial charge is 0.245 e. The quantitative estimate of drug-likeness (QED) is 0.671. The zero-order chi connectivity index (χ0) is 20.8. The second-order valence-electron chi connectivity index (χ2n) is 8.04. The van der Waals surface area contributed by atoms with Crippen molar-refractivity contribution in [2.75, 3.05) is 20.1 Å². The molecule has 158 valence electrons. The lowest BCUT2D eigenvalue weighted by molar-refractivity contribution is -0.139. The van der Waals surface area contributed by atoms with Crippen LogP contribution in [0.2, 0.25) is 0 Å². The van der Waals surface area contributed by atoms with Gasteiger partial charge in [-0.05, 0) is 63.6 Å². The Morgan fingerprint density at radius 3 is 2.66 bits per heavy atom. The Bertz CT molecular complexity index is 751. The van der Waals surface area contributed by atoms with Gasteiger partial charge in [0.05, 0.1) is 18.6 Å². The maximum Gasteiger partial charge on any atom is 0.245 e. The highest BCUT2D eigenvalue weighted by atomic mass is 16.2. The molecule has 1 aliphatic heterocycles. The fraction of sp³-hybridized carbons (Fsp3) is 0.591. The van der Waals surface area contributed by atoms with E-state index in [0.717, 1.165) is 32.1 Å². The molecule has 3 rings (SSSR count). The molecule has 0 spiro atoms. The number of amides is 3. The van der Waals surface area contributed by atoms with Gasteiger partial charge in [-0.25, -0.2) is 0 Å². The van der Waals surface area contributed by atoms with Gasteiger partial charge < -0.3 is 20.9 Å². The van der Waals surface area contributed by atoms with E-state index in [4.69, 9.17) is 0 Å². The number of nitrogens with zero attached hydrogens (tertiary/aromatic N) is 1. The van der Waals surface area contributed by atoms with Gasteiger partial charge in [-0.3, -0.25) is 14.4 Å². The number of fused-ring (bicyclic) bond motifs is 1. The van der Waals surface area contributed by atoms with Crippen molar-refractivity contribution in [2.45, 2.75) is 63.6 Å². The van der Waals surface area contributed by atoms with Crippen molar-refractivity contribution in [1.29, 1.82) is 0 Å². The van der Waals surface area contributed by atoms with E-state index in [1.54, 1.807) is 18.9 Å². The zero-order valence-electron chi connectivity index (χ0n) is 17.4. The Kier molecular flexibility index (Phi) is 7.25. The van der Waals surface area contributed by atoms with E-state index < -0.39 is 6.04 Å².